The predicted molar refractivity (Wildman–Crippen MR) is 45.1 cm³/mol. The first-order valence-corrected chi connectivity index (χ1v) is 5.23. The molecule has 1 aromatic heterocycles. The SMILES string of the molecule is CCc1cccc2[c]([Zr+3])n[nH]c12.[Cl-].[Cl-].[Cl-]. The van der Waals surface area contributed by atoms with E-state index in [1.807, 2.05) is 0 Å². The van der Waals surface area contributed by atoms with Gasteiger partial charge in [0.05, 0.1) is 0 Å². The number of benzene rings is 1. The molecule has 2 nitrogen and oxygen atoms in total. The largest absolute Gasteiger partial charge is 1.00 e. The number of hydrogen-bond acceptors (Lipinski definition) is 1. The van der Waals surface area contributed by atoms with E-state index in [0.717, 1.165) is 6.42 Å². The molecule has 80 valence electrons. The van der Waals surface area contributed by atoms with Gasteiger partial charge in [-0.3, -0.25) is 0 Å². The second-order valence-corrected chi connectivity index (χ2v) is 3.93. The van der Waals surface area contributed by atoms with Crippen LogP contribution in [-0.4, -0.2) is 10.2 Å². The van der Waals surface area contributed by atoms with Crippen LogP contribution in [0.5, 0.6) is 0 Å². The molecule has 0 fully saturated rings. The van der Waals surface area contributed by atoms with Gasteiger partial charge >= 0.3 is 86.3 Å². The van der Waals surface area contributed by atoms with E-state index in [4.69, 9.17) is 0 Å². The summed E-state index contributed by atoms with van der Waals surface area (Å²) in [5, 5.41) is 8.58. The Kier molecular flexibility index (Phi) is 9.12. The van der Waals surface area contributed by atoms with Crippen LogP contribution in [0.25, 0.3) is 10.9 Å². The van der Waals surface area contributed by atoms with Gasteiger partial charge in [-0.1, -0.05) is 0 Å². The van der Waals surface area contributed by atoms with Gasteiger partial charge in [-0.15, -0.1) is 0 Å². The predicted octanol–water partition coefficient (Wildman–Crippen LogP) is -7.69. The van der Waals surface area contributed by atoms with Crippen molar-refractivity contribution in [3.05, 3.63) is 23.8 Å². The summed E-state index contributed by atoms with van der Waals surface area (Å²) in [5.74, 6) is 0. The van der Waals surface area contributed by atoms with Crippen LogP contribution in [0.2, 0.25) is 0 Å². The topological polar surface area (TPSA) is 28.7 Å². The first-order valence-electron chi connectivity index (χ1n) is 4.00. The van der Waals surface area contributed by atoms with Crippen LogP contribution in [0.15, 0.2) is 18.2 Å². The second-order valence-electron chi connectivity index (χ2n) is 2.77. The molecule has 6 heteroatoms. The minimum Gasteiger partial charge on any atom is -1.00 e. The third-order valence-electron chi connectivity index (χ3n) is 2.07. The Morgan fingerprint density at radius 1 is 1.27 bits per heavy atom. The number of nitrogens with one attached hydrogen (secondary N) is 1. The summed E-state index contributed by atoms with van der Waals surface area (Å²) in [6.45, 7) is 2.17. The molecule has 0 bridgehead atoms. The van der Waals surface area contributed by atoms with Crippen molar-refractivity contribution in [1.29, 1.82) is 0 Å². The average Bonchev–Trinajstić information content (AvgIpc) is 2.48. The zero-order valence-electron chi connectivity index (χ0n) is 8.02. The van der Waals surface area contributed by atoms with Crippen LogP contribution in [-0.2, 0) is 31.1 Å². The minimum atomic E-state index is 0. The molecule has 0 saturated carbocycles. The first kappa shape index (κ1) is 17.8. The molecule has 2 aromatic rings. The second kappa shape index (κ2) is 7.67. The molecule has 0 spiro atoms. The zero-order valence-corrected chi connectivity index (χ0v) is 12.7. The monoisotopic (exact) mass is 340 g/mol. The Morgan fingerprint density at radius 3 is 2.53 bits per heavy atom. The van der Waals surface area contributed by atoms with E-state index >= 15 is 0 Å². The third kappa shape index (κ3) is 3.45. The molecule has 0 aliphatic carbocycles. The smallest absolute Gasteiger partial charge is 1.00 e. The van der Waals surface area contributed by atoms with Crippen molar-refractivity contribution in [2.45, 2.75) is 13.3 Å². The number of halogens is 3. The molecule has 1 aromatic carbocycles. The molecule has 0 atom stereocenters. The van der Waals surface area contributed by atoms with Crippen molar-refractivity contribution in [3.63, 3.8) is 0 Å². The standard InChI is InChI=1S/C9H9N2.3ClH.Zr/c1-2-7-4-3-5-8-6-10-11-9(7)8;;;;/h3-5H,2H2,1H3,(H,10,11);3*1H;/q;;;;+3/p-3. The quantitative estimate of drug-likeness (QED) is 0.548. The van der Waals surface area contributed by atoms with Crippen LogP contribution < -0.4 is 40.6 Å². The van der Waals surface area contributed by atoms with Crippen molar-refractivity contribution in [1.82, 2.24) is 10.2 Å². The molecule has 1 heterocycles. The first-order chi connectivity index (χ1) is 5.83. The number of fused-ring (bicyclic) bond motifs is 1. The molecule has 1 N–H and O–H groups in total. The van der Waals surface area contributed by atoms with Gasteiger partial charge in [-0.05, 0) is 0 Å². The summed E-state index contributed by atoms with van der Waals surface area (Å²) in [6, 6.07) is 6.38. The molecule has 0 radical (unpaired) electrons. The fourth-order valence-electron chi connectivity index (χ4n) is 1.40. The number of hydrogen-bond donors (Lipinski definition) is 1. The van der Waals surface area contributed by atoms with Gasteiger partial charge in [-0.25, -0.2) is 0 Å². The molecule has 15 heavy (non-hydrogen) atoms. The molecule has 0 aliphatic heterocycles. The van der Waals surface area contributed by atoms with Crippen molar-refractivity contribution < 1.29 is 61.9 Å². The molecule has 0 saturated heterocycles. The van der Waals surface area contributed by atoms with E-state index in [1.165, 1.54) is 44.6 Å². The van der Waals surface area contributed by atoms with E-state index in [0.29, 0.717) is 0 Å². The summed E-state index contributed by atoms with van der Waals surface area (Å²) in [5.41, 5.74) is 2.57. The molecular formula is C9H9Cl3N2Zr. The van der Waals surface area contributed by atoms with Gasteiger partial charge in [-0.2, -0.15) is 0 Å². The van der Waals surface area contributed by atoms with E-state index < -0.39 is 0 Å². The number of nitrogens with zero attached hydrogens (tertiary/aromatic N) is 1. The van der Waals surface area contributed by atoms with E-state index in [1.54, 1.807) is 0 Å². The number of rotatable bonds is 1. The van der Waals surface area contributed by atoms with Crippen molar-refractivity contribution >= 4 is 14.3 Å². The Morgan fingerprint density at radius 2 is 1.93 bits per heavy atom. The maximum absolute atomic E-state index is 4.22. The summed E-state index contributed by atoms with van der Waals surface area (Å²) >= 11 is 1.37. The van der Waals surface area contributed by atoms with Crippen LogP contribution in [0.4, 0.5) is 0 Å². The van der Waals surface area contributed by atoms with Crippen LogP contribution >= 0.6 is 0 Å². The molecule has 0 aliphatic rings. The fraction of sp³-hybridized carbons (Fsp3) is 0.222. The van der Waals surface area contributed by atoms with Gasteiger partial charge < -0.3 is 37.2 Å². The van der Waals surface area contributed by atoms with E-state index in [9.17, 15) is 0 Å². The molecule has 0 unspecified atom stereocenters. The molecule has 0 amide bonds. The van der Waals surface area contributed by atoms with Gasteiger partial charge in [0, 0.05) is 0 Å². The summed E-state index contributed by atoms with van der Waals surface area (Å²) < 4.78 is 1.17. The van der Waals surface area contributed by atoms with Crippen molar-refractivity contribution in [3.8, 4) is 0 Å². The Balaban J connectivity index is 0. The van der Waals surface area contributed by atoms with Crippen molar-refractivity contribution in [2.24, 2.45) is 0 Å². The van der Waals surface area contributed by atoms with Gasteiger partial charge in [0.25, 0.3) is 0 Å². The third-order valence-corrected chi connectivity index (χ3v) is 3.00. The van der Waals surface area contributed by atoms with Crippen LogP contribution in [0.3, 0.4) is 0 Å². The number of para-hydroxylation sites is 1. The maximum atomic E-state index is 4.22. The Hall–Kier alpha value is 0.443. The minimum absolute atomic E-state index is 0. The van der Waals surface area contributed by atoms with Gasteiger partial charge in [0.2, 0.25) is 0 Å². The average molecular weight is 343 g/mol. The zero-order chi connectivity index (χ0) is 8.55. The van der Waals surface area contributed by atoms with E-state index in [-0.39, 0.29) is 37.2 Å². The van der Waals surface area contributed by atoms with Gasteiger partial charge in [0.1, 0.15) is 0 Å². The van der Waals surface area contributed by atoms with Gasteiger partial charge in [0.15, 0.2) is 0 Å². The van der Waals surface area contributed by atoms with Crippen LogP contribution in [0, 0.1) is 0 Å². The number of H-pyrrole nitrogens is 1. The summed E-state index contributed by atoms with van der Waals surface area (Å²) in [6.07, 6.45) is 1.06. The van der Waals surface area contributed by atoms with E-state index in [2.05, 4.69) is 35.3 Å². The maximum Gasteiger partial charge on any atom is -1.00 e. The fourth-order valence-corrected chi connectivity index (χ4v) is 2.05. The summed E-state index contributed by atoms with van der Waals surface area (Å²) in [7, 11) is 0. The number of aromatic nitrogens is 2. The normalized spacial score (nSPS) is 8.73. The number of aryl methyl sites for hydroxylation is 1. The molecule has 2 rings (SSSR count). The summed E-state index contributed by atoms with van der Waals surface area (Å²) in [4.78, 5) is 0. The Labute approximate surface area is 123 Å². The number of aromatic amines is 1. The molecular weight excluding hydrogens is 334 g/mol. The Bertz CT molecular complexity index is 417. The van der Waals surface area contributed by atoms with Crippen molar-refractivity contribution in [2.75, 3.05) is 0 Å². The van der Waals surface area contributed by atoms with Crippen LogP contribution in [0.1, 0.15) is 12.5 Å².